The molecule has 0 bridgehead atoms. The summed E-state index contributed by atoms with van der Waals surface area (Å²) in [7, 11) is 0. The zero-order valence-corrected chi connectivity index (χ0v) is 8.52. The molecule has 1 fully saturated rings. The molecule has 1 heterocycles. The van der Waals surface area contributed by atoms with Gasteiger partial charge in [0.1, 0.15) is 6.61 Å². The van der Waals surface area contributed by atoms with Crippen LogP contribution in [0.25, 0.3) is 0 Å². The third-order valence-corrected chi connectivity index (χ3v) is 2.43. The van der Waals surface area contributed by atoms with Crippen LogP contribution in [0.2, 0.25) is 0 Å². The minimum absolute atomic E-state index is 0.192. The number of carboxylic acids is 1. The highest BCUT2D eigenvalue weighted by Gasteiger charge is 2.27. The first kappa shape index (κ1) is 11.6. The smallest absolute Gasteiger partial charge is 0.410 e. The molecule has 1 amide bonds. The second-order valence-electron chi connectivity index (χ2n) is 3.47. The quantitative estimate of drug-likeness (QED) is 0.713. The molecule has 0 aromatic rings. The van der Waals surface area contributed by atoms with E-state index in [9.17, 15) is 9.59 Å². The Bertz CT molecular complexity index is 256. The van der Waals surface area contributed by atoms with E-state index in [2.05, 4.69) is 6.58 Å². The summed E-state index contributed by atoms with van der Waals surface area (Å²) in [5.74, 6) is -1.11. The molecule has 0 unspecified atom stereocenters. The van der Waals surface area contributed by atoms with Crippen molar-refractivity contribution in [2.45, 2.75) is 12.8 Å². The maximum absolute atomic E-state index is 11.3. The van der Waals surface area contributed by atoms with Crippen LogP contribution in [-0.4, -0.2) is 41.8 Å². The number of amides is 1. The van der Waals surface area contributed by atoms with Gasteiger partial charge in [0.15, 0.2) is 0 Å². The van der Waals surface area contributed by atoms with Gasteiger partial charge in [-0.2, -0.15) is 0 Å². The molecule has 1 aliphatic heterocycles. The van der Waals surface area contributed by atoms with Gasteiger partial charge >= 0.3 is 12.1 Å². The maximum Gasteiger partial charge on any atom is 0.410 e. The van der Waals surface area contributed by atoms with E-state index in [0.717, 1.165) is 0 Å². The first-order valence-corrected chi connectivity index (χ1v) is 4.90. The van der Waals surface area contributed by atoms with Crippen LogP contribution in [-0.2, 0) is 9.53 Å². The van der Waals surface area contributed by atoms with Crippen molar-refractivity contribution in [3.05, 3.63) is 12.7 Å². The summed E-state index contributed by atoms with van der Waals surface area (Å²) in [5.41, 5.74) is 0. The lowest BCUT2D eigenvalue weighted by Crippen LogP contribution is -2.40. The number of piperidine rings is 1. The van der Waals surface area contributed by atoms with Gasteiger partial charge in [0.2, 0.25) is 0 Å². The van der Waals surface area contributed by atoms with Gasteiger partial charge in [0.05, 0.1) is 5.92 Å². The van der Waals surface area contributed by atoms with Gasteiger partial charge in [-0.1, -0.05) is 12.7 Å². The molecule has 0 aliphatic carbocycles. The highest BCUT2D eigenvalue weighted by molar-refractivity contribution is 5.71. The molecule has 15 heavy (non-hydrogen) atoms. The van der Waals surface area contributed by atoms with Crippen molar-refractivity contribution in [3.8, 4) is 0 Å². The van der Waals surface area contributed by atoms with Crippen molar-refractivity contribution in [2.24, 2.45) is 5.92 Å². The van der Waals surface area contributed by atoms with Gasteiger partial charge in [-0.15, -0.1) is 0 Å². The van der Waals surface area contributed by atoms with Crippen LogP contribution in [0.15, 0.2) is 12.7 Å². The lowest BCUT2D eigenvalue weighted by atomic mass is 9.97. The van der Waals surface area contributed by atoms with E-state index >= 15 is 0 Å². The minimum Gasteiger partial charge on any atom is -0.481 e. The average molecular weight is 213 g/mol. The average Bonchev–Trinajstić information content (AvgIpc) is 2.26. The lowest BCUT2D eigenvalue weighted by molar-refractivity contribution is -0.143. The van der Waals surface area contributed by atoms with Crippen LogP contribution in [0, 0.1) is 5.92 Å². The van der Waals surface area contributed by atoms with Crippen LogP contribution < -0.4 is 0 Å². The van der Waals surface area contributed by atoms with Crippen molar-refractivity contribution in [2.75, 3.05) is 19.7 Å². The largest absolute Gasteiger partial charge is 0.481 e. The third-order valence-electron chi connectivity index (χ3n) is 2.43. The molecule has 1 rings (SSSR count). The fourth-order valence-corrected chi connectivity index (χ4v) is 1.53. The molecule has 1 saturated heterocycles. The Balaban J connectivity index is 2.33. The van der Waals surface area contributed by atoms with Crippen molar-refractivity contribution in [1.82, 2.24) is 4.90 Å². The number of likely N-dealkylation sites (tertiary alicyclic amines) is 1. The molecule has 1 N–H and O–H groups in total. The molecule has 0 spiro atoms. The van der Waals surface area contributed by atoms with Crippen molar-refractivity contribution >= 4 is 12.1 Å². The van der Waals surface area contributed by atoms with Gasteiger partial charge in [-0.05, 0) is 12.8 Å². The summed E-state index contributed by atoms with van der Waals surface area (Å²) < 4.78 is 4.85. The van der Waals surface area contributed by atoms with Gasteiger partial charge in [-0.25, -0.2) is 4.79 Å². The summed E-state index contributed by atoms with van der Waals surface area (Å²) in [6, 6.07) is 0. The second-order valence-corrected chi connectivity index (χ2v) is 3.47. The van der Waals surface area contributed by atoms with E-state index < -0.39 is 12.1 Å². The molecule has 0 atom stereocenters. The highest BCUT2D eigenvalue weighted by Crippen LogP contribution is 2.17. The standard InChI is InChI=1S/C10H15NO4/c1-2-7-15-10(14)11-5-3-8(4-6-11)9(12)13/h2,8H,1,3-7H2,(H,12,13). The zero-order valence-electron chi connectivity index (χ0n) is 8.52. The number of ether oxygens (including phenoxy) is 1. The van der Waals surface area contributed by atoms with Crippen LogP contribution in [0.3, 0.4) is 0 Å². The molecule has 84 valence electrons. The molecule has 5 nitrogen and oxygen atoms in total. The first-order valence-electron chi connectivity index (χ1n) is 4.90. The predicted octanol–water partition coefficient (Wildman–Crippen LogP) is 1.11. The van der Waals surface area contributed by atoms with Crippen LogP contribution in [0.4, 0.5) is 4.79 Å². The van der Waals surface area contributed by atoms with E-state index in [1.165, 1.54) is 11.0 Å². The lowest BCUT2D eigenvalue weighted by Gasteiger charge is -2.29. The second kappa shape index (κ2) is 5.38. The Kier molecular flexibility index (Phi) is 4.15. The normalized spacial score (nSPS) is 17.2. The number of carbonyl (C=O) groups is 2. The summed E-state index contributed by atoms with van der Waals surface area (Å²) >= 11 is 0. The van der Waals surface area contributed by atoms with Crippen molar-refractivity contribution in [1.29, 1.82) is 0 Å². The fraction of sp³-hybridized carbons (Fsp3) is 0.600. The van der Waals surface area contributed by atoms with Gasteiger partial charge in [0.25, 0.3) is 0 Å². The Morgan fingerprint density at radius 3 is 2.53 bits per heavy atom. The summed E-state index contributed by atoms with van der Waals surface area (Å²) in [4.78, 5) is 23.5. The Morgan fingerprint density at radius 2 is 2.07 bits per heavy atom. The number of hydrogen-bond donors (Lipinski definition) is 1. The number of hydrogen-bond acceptors (Lipinski definition) is 3. The minimum atomic E-state index is -0.783. The Morgan fingerprint density at radius 1 is 1.47 bits per heavy atom. The highest BCUT2D eigenvalue weighted by atomic mass is 16.6. The van der Waals surface area contributed by atoms with Crippen LogP contribution in [0.5, 0.6) is 0 Å². The van der Waals surface area contributed by atoms with E-state index in [1.54, 1.807) is 0 Å². The molecule has 0 radical (unpaired) electrons. The van der Waals surface area contributed by atoms with E-state index in [1.807, 2.05) is 0 Å². The fourth-order valence-electron chi connectivity index (χ4n) is 1.53. The summed E-state index contributed by atoms with van der Waals surface area (Å²) in [6.45, 7) is 4.53. The molecular formula is C10H15NO4. The predicted molar refractivity (Wildman–Crippen MR) is 53.5 cm³/mol. The molecular weight excluding hydrogens is 198 g/mol. The van der Waals surface area contributed by atoms with Crippen molar-refractivity contribution < 1.29 is 19.4 Å². The molecule has 0 aromatic heterocycles. The Labute approximate surface area is 88.3 Å². The molecule has 1 aliphatic rings. The SMILES string of the molecule is C=CCOC(=O)N1CCC(C(=O)O)CC1. The number of nitrogens with zero attached hydrogens (tertiary/aromatic N) is 1. The Hall–Kier alpha value is -1.52. The zero-order chi connectivity index (χ0) is 11.3. The summed E-state index contributed by atoms with van der Waals surface area (Å²) in [5, 5.41) is 8.76. The number of carbonyl (C=O) groups excluding carboxylic acids is 1. The monoisotopic (exact) mass is 213 g/mol. The third kappa shape index (κ3) is 3.27. The van der Waals surface area contributed by atoms with Crippen molar-refractivity contribution in [3.63, 3.8) is 0 Å². The number of aliphatic carboxylic acids is 1. The van der Waals surface area contributed by atoms with Gasteiger partial charge in [-0.3, -0.25) is 4.79 Å². The molecule has 0 aromatic carbocycles. The molecule has 5 heteroatoms. The van der Waals surface area contributed by atoms with Crippen LogP contribution >= 0.6 is 0 Å². The topological polar surface area (TPSA) is 66.8 Å². The maximum atomic E-state index is 11.3. The first-order chi connectivity index (χ1) is 7.15. The summed E-state index contributed by atoms with van der Waals surface area (Å²) in [6.07, 6.45) is 2.11. The van der Waals surface area contributed by atoms with E-state index in [0.29, 0.717) is 25.9 Å². The number of rotatable bonds is 3. The van der Waals surface area contributed by atoms with Gasteiger partial charge < -0.3 is 14.7 Å². The number of carboxylic acid groups (broad SMARTS) is 1. The van der Waals surface area contributed by atoms with E-state index in [-0.39, 0.29) is 12.5 Å². The molecule has 0 saturated carbocycles. The van der Waals surface area contributed by atoms with E-state index in [4.69, 9.17) is 9.84 Å². The van der Waals surface area contributed by atoms with Gasteiger partial charge in [0, 0.05) is 13.1 Å². The van der Waals surface area contributed by atoms with Crippen LogP contribution in [0.1, 0.15) is 12.8 Å².